The number of amides is 1. The van der Waals surface area contributed by atoms with Gasteiger partial charge in [0.2, 0.25) is 5.78 Å². The molecule has 0 saturated heterocycles. The van der Waals surface area contributed by atoms with Gasteiger partial charge in [0.1, 0.15) is 5.82 Å². The summed E-state index contributed by atoms with van der Waals surface area (Å²) in [4.78, 5) is 24.1. The number of hydrogen-bond donors (Lipinski definition) is 0. The SMILES string of the molecule is CC1=CN(c2cccc(F)c2)C(=O)C(=O)C1. The molecule has 2 rings (SSSR count). The third-order valence-electron chi connectivity index (χ3n) is 2.33. The van der Waals surface area contributed by atoms with Crippen LogP contribution in [0.25, 0.3) is 0 Å². The van der Waals surface area contributed by atoms with Gasteiger partial charge in [-0.2, -0.15) is 0 Å². The van der Waals surface area contributed by atoms with Gasteiger partial charge >= 0.3 is 0 Å². The lowest BCUT2D eigenvalue weighted by molar-refractivity contribution is -0.135. The van der Waals surface area contributed by atoms with Crippen molar-refractivity contribution in [3.05, 3.63) is 41.9 Å². The number of Topliss-reactive ketones (excluding diaryl/α,β-unsaturated/α-hetero) is 1. The van der Waals surface area contributed by atoms with E-state index in [9.17, 15) is 14.0 Å². The number of benzene rings is 1. The average molecular weight is 219 g/mol. The second kappa shape index (κ2) is 3.89. The fourth-order valence-corrected chi connectivity index (χ4v) is 1.61. The molecule has 82 valence electrons. The molecule has 1 aliphatic heterocycles. The van der Waals surface area contributed by atoms with E-state index in [4.69, 9.17) is 0 Å². The standard InChI is InChI=1S/C12H10FNO2/c1-8-5-11(15)12(16)14(7-8)10-4-2-3-9(13)6-10/h2-4,6-7H,5H2,1H3. The first-order valence-electron chi connectivity index (χ1n) is 4.87. The first-order valence-corrected chi connectivity index (χ1v) is 4.87. The maximum atomic E-state index is 13.0. The van der Waals surface area contributed by atoms with Gasteiger partial charge in [0.25, 0.3) is 5.91 Å². The summed E-state index contributed by atoms with van der Waals surface area (Å²) in [6.07, 6.45) is 1.71. The summed E-state index contributed by atoms with van der Waals surface area (Å²) < 4.78 is 13.0. The van der Waals surface area contributed by atoms with Crippen molar-refractivity contribution in [2.24, 2.45) is 0 Å². The van der Waals surface area contributed by atoms with E-state index < -0.39 is 17.5 Å². The van der Waals surface area contributed by atoms with Gasteiger partial charge in [-0.15, -0.1) is 0 Å². The molecule has 16 heavy (non-hydrogen) atoms. The minimum atomic E-state index is -0.615. The van der Waals surface area contributed by atoms with Crippen LogP contribution in [0.15, 0.2) is 36.0 Å². The van der Waals surface area contributed by atoms with Gasteiger partial charge in [-0.05, 0) is 30.7 Å². The molecule has 1 aromatic rings. The van der Waals surface area contributed by atoms with Crippen LogP contribution in [0, 0.1) is 5.82 Å². The van der Waals surface area contributed by atoms with Gasteiger partial charge in [-0.3, -0.25) is 14.5 Å². The van der Waals surface area contributed by atoms with Crippen LogP contribution in [0.2, 0.25) is 0 Å². The molecular weight excluding hydrogens is 209 g/mol. The Hall–Kier alpha value is -1.97. The summed E-state index contributed by atoms with van der Waals surface area (Å²) in [5.74, 6) is -1.52. The van der Waals surface area contributed by atoms with E-state index in [1.807, 2.05) is 0 Å². The van der Waals surface area contributed by atoms with Crippen LogP contribution in [0.5, 0.6) is 0 Å². The highest BCUT2D eigenvalue weighted by molar-refractivity contribution is 6.43. The van der Waals surface area contributed by atoms with E-state index in [2.05, 4.69) is 0 Å². The maximum absolute atomic E-state index is 13.0. The number of anilines is 1. The summed E-state index contributed by atoms with van der Waals surface area (Å²) in [6, 6.07) is 5.60. The number of rotatable bonds is 1. The number of carbonyl (C=O) groups is 2. The summed E-state index contributed by atoms with van der Waals surface area (Å²) >= 11 is 0. The molecule has 0 N–H and O–H groups in total. The van der Waals surface area contributed by atoms with Crippen LogP contribution >= 0.6 is 0 Å². The van der Waals surface area contributed by atoms with Crippen molar-refractivity contribution in [1.82, 2.24) is 0 Å². The Kier molecular flexibility index (Phi) is 2.56. The van der Waals surface area contributed by atoms with Crippen molar-refractivity contribution in [2.45, 2.75) is 13.3 Å². The first-order chi connectivity index (χ1) is 7.58. The molecule has 4 heteroatoms. The van der Waals surface area contributed by atoms with Crippen molar-refractivity contribution >= 4 is 17.4 Å². The van der Waals surface area contributed by atoms with E-state index in [1.54, 1.807) is 19.2 Å². The first kappa shape index (κ1) is 10.5. The average Bonchev–Trinajstić information content (AvgIpc) is 2.23. The highest BCUT2D eigenvalue weighted by atomic mass is 19.1. The van der Waals surface area contributed by atoms with E-state index in [1.165, 1.54) is 23.1 Å². The molecule has 0 spiro atoms. The molecule has 0 unspecified atom stereocenters. The Morgan fingerprint density at radius 3 is 2.75 bits per heavy atom. The van der Waals surface area contributed by atoms with Gasteiger partial charge in [0.05, 0.1) is 5.69 Å². The van der Waals surface area contributed by atoms with E-state index in [0.29, 0.717) is 5.69 Å². The molecule has 0 radical (unpaired) electrons. The summed E-state index contributed by atoms with van der Waals surface area (Å²) in [7, 11) is 0. The molecule has 1 aromatic carbocycles. The highest BCUT2D eigenvalue weighted by Crippen LogP contribution is 2.21. The van der Waals surface area contributed by atoms with Crippen LogP contribution in [-0.2, 0) is 9.59 Å². The molecule has 1 amide bonds. The summed E-state index contributed by atoms with van der Waals surface area (Å²) in [5, 5.41) is 0. The fraction of sp³-hybridized carbons (Fsp3) is 0.167. The third kappa shape index (κ3) is 1.86. The minimum absolute atomic E-state index is 0.144. The molecule has 3 nitrogen and oxygen atoms in total. The molecule has 1 aliphatic rings. The molecular formula is C12H10FNO2. The summed E-state index contributed by atoms with van der Waals surface area (Å²) in [5.41, 5.74) is 1.16. The minimum Gasteiger partial charge on any atom is -0.288 e. The smallest absolute Gasteiger partial charge is 0.288 e. The lowest BCUT2D eigenvalue weighted by atomic mass is 10.1. The largest absolute Gasteiger partial charge is 0.298 e. The Morgan fingerprint density at radius 1 is 1.31 bits per heavy atom. The van der Waals surface area contributed by atoms with Crippen LogP contribution in [0.4, 0.5) is 10.1 Å². The van der Waals surface area contributed by atoms with Crippen molar-refractivity contribution in [2.75, 3.05) is 4.90 Å². The second-order valence-corrected chi connectivity index (χ2v) is 3.73. The van der Waals surface area contributed by atoms with Gasteiger partial charge < -0.3 is 0 Å². The predicted octanol–water partition coefficient (Wildman–Crippen LogP) is 2.04. The van der Waals surface area contributed by atoms with Crippen molar-refractivity contribution in [3.8, 4) is 0 Å². The fourth-order valence-electron chi connectivity index (χ4n) is 1.61. The summed E-state index contributed by atoms with van der Waals surface area (Å²) in [6.45, 7) is 1.76. The third-order valence-corrected chi connectivity index (χ3v) is 2.33. The van der Waals surface area contributed by atoms with Gasteiger partial charge in [0, 0.05) is 12.6 Å². The normalized spacial score (nSPS) is 16.4. The number of halogens is 1. The Morgan fingerprint density at radius 2 is 2.06 bits per heavy atom. The molecule has 0 aromatic heterocycles. The number of allylic oxidation sites excluding steroid dienone is 1. The molecule has 0 fully saturated rings. The molecule has 0 bridgehead atoms. The zero-order chi connectivity index (χ0) is 11.7. The molecule has 0 aliphatic carbocycles. The van der Waals surface area contributed by atoms with Crippen molar-refractivity contribution in [3.63, 3.8) is 0 Å². The predicted molar refractivity (Wildman–Crippen MR) is 57.3 cm³/mol. The quantitative estimate of drug-likeness (QED) is 0.678. The maximum Gasteiger partial charge on any atom is 0.298 e. The zero-order valence-electron chi connectivity index (χ0n) is 8.74. The lowest BCUT2D eigenvalue weighted by Gasteiger charge is -2.22. The number of hydrogen-bond acceptors (Lipinski definition) is 2. The van der Waals surface area contributed by atoms with Crippen molar-refractivity contribution < 1.29 is 14.0 Å². The van der Waals surface area contributed by atoms with Crippen LogP contribution < -0.4 is 4.90 Å². The van der Waals surface area contributed by atoms with E-state index >= 15 is 0 Å². The monoisotopic (exact) mass is 219 g/mol. The van der Waals surface area contributed by atoms with Crippen LogP contribution in [-0.4, -0.2) is 11.7 Å². The van der Waals surface area contributed by atoms with Crippen LogP contribution in [0.1, 0.15) is 13.3 Å². The van der Waals surface area contributed by atoms with Crippen LogP contribution in [0.3, 0.4) is 0 Å². The lowest BCUT2D eigenvalue weighted by Crippen LogP contribution is -2.36. The van der Waals surface area contributed by atoms with E-state index in [0.717, 1.165) is 5.57 Å². The molecule has 1 heterocycles. The van der Waals surface area contributed by atoms with Gasteiger partial charge in [-0.25, -0.2) is 4.39 Å². The van der Waals surface area contributed by atoms with Gasteiger partial charge in [0.15, 0.2) is 0 Å². The Balaban J connectivity index is 2.43. The molecule has 0 atom stereocenters. The highest BCUT2D eigenvalue weighted by Gasteiger charge is 2.26. The number of carbonyl (C=O) groups excluding carboxylic acids is 2. The number of nitrogens with zero attached hydrogens (tertiary/aromatic N) is 1. The van der Waals surface area contributed by atoms with Gasteiger partial charge in [-0.1, -0.05) is 6.07 Å². The topological polar surface area (TPSA) is 37.4 Å². The zero-order valence-corrected chi connectivity index (χ0v) is 8.74. The van der Waals surface area contributed by atoms with Crippen molar-refractivity contribution in [1.29, 1.82) is 0 Å². The molecule has 0 saturated carbocycles. The Bertz CT molecular complexity index is 494. The van der Waals surface area contributed by atoms with E-state index in [-0.39, 0.29) is 6.42 Å². The second-order valence-electron chi connectivity index (χ2n) is 3.73. The number of ketones is 1. The Labute approximate surface area is 92.2 Å².